The molecule has 1 unspecified atom stereocenters. The third kappa shape index (κ3) is 7.01. The first-order chi connectivity index (χ1) is 8.54. The van der Waals surface area contributed by atoms with Gasteiger partial charge in [-0.2, -0.15) is 0 Å². The molecule has 1 fully saturated rings. The Balaban J connectivity index is 2.05. The van der Waals surface area contributed by atoms with Gasteiger partial charge in [0.15, 0.2) is 0 Å². The van der Waals surface area contributed by atoms with Gasteiger partial charge in [-0.05, 0) is 44.9 Å². The minimum absolute atomic E-state index is 0.193. The average Bonchev–Trinajstić information content (AvgIpc) is 2.33. The van der Waals surface area contributed by atoms with E-state index in [-0.39, 0.29) is 5.92 Å². The van der Waals surface area contributed by atoms with Crippen LogP contribution in [0.5, 0.6) is 0 Å². The van der Waals surface area contributed by atoms with Gasteiger partial charge < -0.3 is 4.74 Å². The predicted molar refractivity (Wildman–Crippen MR) is 85.1 cm³/mol. The lowest BCUT2D eigenvalue weighted by Gasteiger charge is -2.22. The molecule has 1 rings (SSSR count). The molecule has 2 radical (unpaired) electrons. The van der Waals surface area contributed by atoms with E-state index in [0.29, 0.717) is 6.10 Å². The summed E-state index contributed by atoms with van der Waals surface area (Å²) in [5.74, 6) is -0.193. The molecule has 1 atom stereocenters. The van der Waals surface area contributed by atoms with Crippen LogP contribution in [0.3, 0.4) is 0 Å². The molecule has 1 saturated carbocycles. The summed E-state index contributed by atoms with van der Waals surface area (Å²) in [4.78, 5) is 10.8. The highest BCUT2D eigenvalue weighted by molar-refractivity contribution is 9.39. The Kier molecular flexibility index (Phi) is 8.65. The molecule has 104 valence electrons. The van der Waals surface area contributed by atoms with E-state index in [1.54, 1.807) is 0 Å². The van der Waals surface area contributed by atoms with Crippen molar-refractivity contribution < 1.29 is 9.53 Å². The molecule has 0 aliphatic heterocycles. The summed E-state index contributed by atoms with van der Waals surface area (Å²) in [6, 6.07) is 0. The second-order valence-electron chi connectivity index (χ2n) is 4.64. The Hall–Kier alpha value is 1.07. The van der Waals surface area contributed by atoms with Crippen LogP contribution in [0.4, 0.5) is 0 Å². The number of rotatable bonds is 7. The van der Waals surface area contributed by atoms with E-state index in [2.05, 4.69) is 54.2 Å². The van der Waals surface area contributed by atoms with Crippen molar-refractivity contribution in [1.82, 2.24) is 0 Å². The van der Waals surface area contributed by atoms with Gasteiger partial charge in [-0.25, -0.2) is 0 Å². The van der Waals surface area contributed by atoms with E-state index in [0.717, 1.165) is 38.7 Å². The highest BCUT2D eigenvalue weighted by Gasteiger charge is 2.30. The van der Waals surface area contributed by atoms with Crippen molar-refractivity contribution in [2.24, 2.45) is 5.92 Å². The van der Waals surface area contributed by atoms with Crippen molar-refractivity contribution in [3.8, 4) is 0 Å². The minimum atomic E-state index is -0.519. The summed E-state index contributed by atoms with van der Waals surface area (Å²) in [6.45, 7) is 0.802. The maximum absolute atomic E-state index is 10.8. The van der Waals surface area contributed by atoms with Crippen molar-refractivity contribution in [2.45, 2.75) is 53.2 Å². The molecule has 0 spiro atoms. The van der Waals surface area contributed by atoms with Gasteiger partial charge in [0.05, 0.1) is 12.0 Å². The van der Waals surface area contributed by atoms with E-state index in [4.69, 9.17) is 4.74 Å². The van der Waals surface area contributed by atoms with Crippen molar-refractivity contribution in [1.29, 1.82) is 0 Å². The summed E-state index contributed by atoms with van der Waals surface area (Å²) in [6.07, 6.45) is 12.3. The van der Waals surface area contributed by atoms with Gasteiger partial charge in [-0.15, -0.1) is 0 Å². The first-order valence-electron chi connectivity index (χ1n) is 6.41. The lowest BCUT2D eigenvalue weighted by Crippen LogP contribution is -2.20. The fraction of sp³-hybridized carbons (Fsp3) is 0.846. The predicted octanol–water partition coefficient (Wildman–Crippen LogP) is 4.88. The Bertz CT molecular complexity index is 235. The number of hydrogen-bond donors (Lipinski definition) is 0. The second-order valence-corrected chi connectivity index (χ2v) is 11.6. The largest absolute Gasteiger partial charge is 0.378 e. The van der Waals surface area contributed by atoms with Gasteiger partial charge in [0.1, 0.15) is 2.14 Å². The lowest BCUT2D eigenvalue weighted by atomic mass is 9.98. The summed E-state index contributed by atoms with van der Waals surface area (Å²) in [7, 11) is 0. The molecule has 0 amide bonds. The van der Waals surface area contributed by atoms with Gasteiger partial charge in [0.25, 0.3) is 0 Å². The van der Waals surface area contributed by atoms with E-state index < -0.39 is 2.14 Å². The van der Waals surface area contributed by atoms with Crippen molar-refractivity contribution in [3.05, 3.63) is 6.42 Å². The first kappa shape index (κ1) is 17.1. The van der Waals surface area contributed by atoms with Crippen LogP contribution in [0.25, 0.3) is 0 Å². The van der Waals surface area contributed by atoms with E-state index in [1.807, 2.05) is 6.29 Å². The Morgan fingerprint density at radius 1 is 1.28 bits per heavy atom. The summed E-state index contributed by atoms with van der Waals surface area (Å²) >= 11 is 10.1. The molecule has 1 aliphatic carbocycles. The highest BCUT2D eigenvalue weighted by Crippen LogP contribution is 2.42. The molecule has 0 bridgehead atoms. The molecule has 0 saturated heterocycles. The summed E-state index contributed by atoms with van der Waals surface area (Å²) in [5, 5.41) is 0. The SMILES string of the molecule is O=[C]C(CCCCOC1CC[CH]CC1)C(Br)(Br)Br. The molecule has 2 nitrogen and oxygen atoms in total. The smallest absolute Gasteiger partial charge is 0.205 e. The Labute approximate surface area is 135 Å². The van der Waals surface area contributed by atoms with Crippen molar-refractivity contribution in [3.63, 3.8) is 0 Å². The zero-order valence-corrected chi connectivity index (χ0v) is 15.1. The maximum atomic E-state index is 10.8. The van der Waals surface area contributed by atoms with E-state index in [9.17, 15) is 4.79 Å². The number of carbonyl (C=O) groups excluding carboxylic acids is 1. The van der Waals surface area contributed by atoms with Crippen LogP contribution in [0, 0.1) is 12.3 Å². The second kappa shape index (κ2) is 9.09. The number of unbranched alkanes of at least 4 members (excludes halogenated alkanes) is 1. The van der Waals surface area contributed by atoms with Crippen LogP contribution in [0.15, 0.2) is 0 Å². The zero-order valence-electron chi connectivity index (χ0n) is 10.3. The van der Waals surface area contributed by atoms with Gasteiger partial charge in [-0.1, -0.05) is 54.2 Å². The van der Waals surface area contributed by atoms with Gasteiger partial charge >= 0.3 is 0 Å². The number of ether oxygens (including phenoxy) is 1. The van der Waals surface area contributed by atoms with Crippen LogP contribution in [0.2, 0.25) is 0 Å². The molecular weight excluding hydrogens is 428 g/mol. The van der Waals surface area contributed by atoms with Crippen molar-refractivity contribution in [2.75, 3.05) is 6.61 Å². The quantitative estimate of drug-likeness (QED) is 0.411. The third-order valence-corrected chi connectivity index (χ3v) is 4.82. The van der Waals surface area contributed by atoms with Crippen LogP contribution in [0.1, 0.15) is 44.9 Å². The van der Waals surface area contributed by atoms with Crippen LogP contribution in [-0.4, -0.2) is 21.1 Å². The topological polar surface area (TPSA) is 26.3 Å². The molecule has 0 aromatic heterocycles. The average molecular weight is 447 g/mol. The van der Waals surface area contributed by atoms with Crippen molar-refractivity contribution >= 4 is 54.1 Å². The van der Waals surface area contributed by atoms with Gasteiger partial charge in [0, 0.05) is 6.61 Å². The lowest BCUT2D eigenvalue weighted by molar-refractivity contribution is 0.0324. The first-order valence-corrected chi connectivity index (χ1v) is 8.79. The number of halogens is 3. The normalized spacial score (nSPS) is 19.7. The third-order valence-electron chi connectivity index (χ3n) is 3.16. The van der Waals surface area contributed by atoms with E-state index in [1.165, 1.54) is 12.8 Å². The number of hydrogen-bond acceptors (Lipinski definition) is 2. The highest BCUT2D eigenvalue weighted by atomic mass is 80.0. The molecule has 0 heterocycles. The molecule has 0 aromatic rings. The van der Waals surface area contributed by atoms with Gasteiger partial charge in [0.2, 0.25) is 6.29 Å². The van der Waals surface area contributed by atoms with E-state index >= 15 is 0 Å². The molecular formula is C13H19Br3O2. The van der Waals surface area contributed by atoms with Crippen LogP contribution in [-0.2, 0) is 9.53 Å². The Morgan fingerprint density at radius 3 is 2.50 bits per heavy atom. The molecule has 5 heteroatoms. The van der Waals surface area contributed by atoms with Crippen LogP contribution >= 0.6 is 47.8 Å². The monoisotopic (exact) mass is 444 g/mol. The molecule has 0 aromatic carbocycles. The molecule has 0 N–H and O–H groups in total. The summed E-state index contributed by atoms with van der Waals surface area (Å²) in [5.41, 5.74) is 0. The molecule has 1 aliphatic rings. The molecule has 18 heavy (non-hydrogen) atoms. The number of alkyl halides is 3. The standard InChI is InChI=1S/C13H19Br3O2/c14-13(15,16)11(10-17)6-4-5-9-18-12-7-2-1-3-8-12/h1,11-12H,2-9H2. The maximum Gasteiger partial charge on any atom is 0.205 e. The fourth-order valence-electron chi connectivity index (χ4n) is 2.05. The summed E-state index contributed by atoms with van der Waals surface area (Å²) < 4.78 is 5.31. The fourth-order valence-corrected chi connectivity index (χ4v) is 3.02. The Morgan fingerprint density at radius 2 is 1.94 bits per heavy atom. The van der Waals surface area contributed by atoms with Crippen LogP contribution < -0.4 is 0 Å². The zero-order chi connectivity index (χ0) is 13.4. The minimum Gasteiger partial charge on any atom is -0.378 e. The van der Waals surface area contributed by atoms with Gasteiger partial charge in [-0.3, -0.25) is 4.79 Å².